The standard InChI is InChI=1S/C14H10O2/c15-14-12(8-10-4-1-2-5-10)9-13(16-14)11-6-3-7-11/h1-10H/b12-8+. The second kappa shape index (κ2) is 3.49. The zero-order valence-corrected chi connectivity index (χ0v) is 8.59. The topological polar surface area (TPSA) is 26.3 Å². The maximum atomic E-state index is 11.6. The monoisotopic (exact) mass is 210 g/mol. The number of rotatable bonds is 2. The fraction of sp³-hybridized carbons (Fsp3) is 0.0714. The molecule has 0 saturated heterocycles. The third-order valence-electron chi connectivity index (χ3n) is 2.71. The van der Waals surface area contributed by atoms with Crippen molar-refractivity contribution in [2.75, 3.05) is 0 Å². The van der Waals surface area contributed by atoms with E-state index in [1.165, 1.54) is 0 Å². The Morgan fingerprint density at radius 2 is 1.94 bits per heavy atom. The van der Waals surface area contributed by atoms with Gasteiger partial charge < -0.3 is 4.74 Å². The van der Waals surface area contributed by atoms with Crippen LogP contribution in [0.5, 0.6) is 0 Å². The summed E-state index contributed by atoms with van der Waals surface area (Å²) in [4.78, 5) is 11.6. The molecule has 0 amide bonds. The molecule has 3 rings (SSSR count). The molecule has 0 fully saturated rings. The molecular formula is C14H10O2. The SMILES string of the molecule is O=C1OC(C2=CC=C2)=C/C1=C\C1C=CC=C1. The van der Waals surface area contributed by atoms with Crippen LogP contribution in [-0.2, 0) is 9.53 Å². The van der Waals surface area contributed by atoms with E-state index in [1.807, 2.05) is 48.6 Å². The molecule has 0 saturated carbocycles. The van der Waals surface area contributed by atoms with Gasteiger partial charge in [-0.1, -0.05) is 48.6 Å². The van der Waals surface area contributed by atoms with Crippen molar-refractivity contribution in [3.05, 3.63) is 71.6 Å². The zero-order chi connectivity index (χ0) is 11.0. The van der Waals surface area contributed by atoms with Crippen LogP contribution in [-0.4, -0.2) is 5.97 Å². The minimum Gasteiger partial charge on any atom is -0.422 e. The maximum absolute atomic E-state index is 11.6. The first kappa shape index (κ1) is 9.16. The molecule has 0 atom stereocenters. The largest absolute Gasteiger partial charge is 0.422 e. The van der Waals surface area contributed by atoms with Crippen molar-refractivity contribution in [3.63, 3.8) is 0 Å². The molecule has 1 aliphatic heterocycles. The van der Waals surface area contributed by atoms with E-state index in [0.717, 1.165) is 5.57 Å². The van der Waals surface area contributed by atoms with Crippen molar-refractivity contribution in [1.29, 1.82) is 0 Å². The Kier molecular flexibility index (Phi) is 2.00. The van der Waals surface area contributed by atoms with Crippen LogP contribution in [0.15, 0.2) is 71.6 Å². The Labute approximate surface area is 93.6 Å². The fourth-order valence-corrected chi connectivity index (χ4v) is 1.77. The van der Waals surface area contributed by atoms with Crippen LogP contribution in [0, 0.1) is 5.92 Å². The number of allylic oxidation sites excluding steroid dienone is 8. The second-order valence-electron chi connectivity index (χ2n) is 3.85. The summed E-state index contributed by atoms with van der Waals surface area (Å²) in [6.45, 7) is 0. The van der Waals surface area contributed by atoms with E-state index >= 15 is 0 Å². The van der Waals surface area contributed by atoms with E-state index in [2.05, 4.69) is 0 Å². The van der Waals surface area contributed by atoms with Gasteiger partial charge in [0.2, 0.25) is 0 Å². The average molecular weight is 210 g/mol. The molecule has 0 aromatic carbocycles. The van der Waals surface area contributed by atoms with E-state index in [0.29, 0.717) is 11.3 Å². The Hall–Kier alpha value is -2.09. The first-order valence-corrected chi connectivity index (χ1v) is 5.22. The van der Waals surface area contributed by atoms with E-state index < -0.39 is 0 Å². The quantitative estimate of drug-likeness (QED) is 0.517. The van der Waals surface area contributed by atoms with Gasteiger partial charge in [-0.3, -0.25) is 0 Å². The summed E-state index contributed by atoms with van der Waals surface area (Å²) in [6.07, 6.45) is 17.5. The van der Waals surface area contributed by atoms with Crippen molar-refractivity contribution >= 4 is 5.97 Å². The number of hydrogen-bond donors (Lipinski definition) is 0. The molecule has 16 heavy (non-hydrogen) atoms. The predicted molar refractivity (Wildman–Crippen MR) is 61.3 cm³/mol. The highest BCUT2D eigenvalue weighted by Crippen LogP contribution is 2.28. The first-order valence-electron chi connectivity index (χ1n) is 5.22. The van der Waals surface area contributed by atoms with Gasteiger partial charge in [0.25, 0.3) is 0 Å². The number of carbonyl (C=O) groups is 1. The molecule has 0 unspecified atom stereocenters. The molecule has 78 valence electrons. The molecule has 1 heterocycles. The van der Waals surface area contributed by atoms with E-state index in [9.17, 15) is 4.79 Å². The molecule has 0 aromatic heterocycles. The number of esters is 1. The van der Waals surface area contributed by atoms with E-state index in [4.69, 9.17) is 4.74 Å². The van der Waals surface area contributed by atoms with Gasteiger partial charge in [0, 0.05) is 11.5 Å². The van der Waals surface area contributed by atoms with Crippen LogP contribution in [0.3, 0.4) is 0 Å². The minimum atomic E-state index is -0.259. The molecule has 2 heteroatoms. The Bertz CT molecular complexity index is 513. The van der Waals surface area contributed by atoms with Crippen LogP contribution >= 0.6 is 0 Å². The van der Waals surface area contributed by atoms with Crippen LogP contribution in [0.25, 0.3) is 0 Å². The normalized spacial score (nSPS) is 24.8. The predicted octanol–water partition coefficient (Wildman–Crippen LogP) is 2.59. The van der Waals surface area contributed by atoms with Gasteiger partial charge in [-0.25, -0.2) is 4.79 Å². The van der Waals surface area contributed by atoms with Gasteiger partial charge in [-0.15, -0.1) is 0 Å². The minimum absolute atomic E-state index is 0.212. The van der Waals surface area contributed by atoms with Crippen molar-refractivity contribution in [3.8, 4) is 0 Å². The molecular weight excluding hydrogens is 200 g/mol. The Morgan fingerprint density at radius 3 is 2.56 bits per heavy atom. The van der Waals surface area contributed by atoms with Gasteiger partial charge in [0.05, 0.1) is 5.57 Å². The average Bonchev–Trinajstić information content (AvgIpc) is 2.76. The number of ether oxygens (including phenoxy) is 1. The molecule has 2 nitrogen and oxygen atoms in total. The highest BCUT2D eigenvalue weighted by molar-refractivity contribution is 5.96. The lowest BCUT2D eigenvalue weighted by Crippen LogP contribution is -2.00. The number of cyclic esters (lactones) is 1. The molecule has 0 aromatic rings. The summed E-state index contributed by atoms with van der Waals surface area (Å²) < 4.78 is 5.17. The molecule has 0 spiro atoms. The lowest BCUT2D eigenvalue weighted by atomic mass is 10.0. The third-order valence-corrected chi connectivity index (χ3v) is 2.71. The molecule has 0 bridgehead atoms. The van der Waals surface area contributed by atoms with Crippen molar-refractivity contribution in [1.82, 2.24) is 0 Å². The van der Waals surface area contributed by atoms with Gasteiger partial charge in [0.1, 0.15) is 5.76 Å². The summed E-state index contributed by atoms with van der Waals surface area (Å²) >= 11 is 0. The van der Waals surface area contributed by atoms with E-state index in [1.54, 1.807) is 6.08 Å². The Balaban J connectivity index is 1.85. The summed E-state index contributed by atoms with van der Waals surface area (Å²) in [5, 5.41) is 0. The lowest BCUT2D eigenvalue weighted by molar-refractivity contribution is -0.132. The first-order chi connectivity index (χ1) is 7.83. The van der Waals surface area contributed by atoms with Crippen LogP contribution in [0.2, 0.25) is 0 Å². The summed E-state index contributed by atoms with van der Waals surface area (Å²) in [6, 6.07) is 0. The van der Waals surface area contributed by atoms with Crippen molar-refractivity contribution in [2.24, 2.45) is 5.92 Å². The Morgan fingerprint density at radius 1 is 1.19 bits per heavy atom. The highest BCUT2D eigenvalue weighted by Gasteiger charge is 2.23. The van der Waals surface area contributed by atoms with E-state index in [-0.39, 0.29) is 11.9 Å². The molecule has 3 aliphatic rings. The summed E-state index contributed by atoms with van der Waals surface area (Å²) in [7, 11) is 0. The molecule has 0 radical (unpaired) electrons. The number of carbonyl (C=O) groups excluding carboxylic acids is 1. The maximum Gasteiger partial charge on any atom is 0.343 e. The van der Waals surface area contributed by atoms with Gasteiger partial charge >= 0.3 is 5.97 Å². The smallest absolute Gasteiger partial charge is 0.343 e. The second-order valence-corrected chi connectivity index (χ2v) is 3.85. The van der Waals surface area contributed by atoms with Gasteiger partial charge in [-0.05, 0) is 6.08 Å². The van der Waals surface area contributed by atoms with Gasteiger partial charge in [0.15, 0.2) is 0 Å². The van der Waals surface area contributed by atoms with Crippen LogP contribution < -0.4 is 0 Å². The third kappa shape index (κ3) is 1.48. The van der Waals surface area contributed by atoms with Crippen molar-refractivity contribution < 1.29 is 9.53 Å². The summed E-state index contributed by atoms with van der Waals surface area (Å²) in [5.74, 6) is 0.610. The van der Waals surface area contributed by atoms with Crippen molar-refractivity contribution in [2.45, 2.75) is 0 Å². The fourth-order valence-electron chi connectivity index (χ4n) is 1.77. The molecule has 2 aliphatic carbocycles. The van der Waals surface area contributed by atoms with Crippen LogP contribution in [0.4, 0.5) is 0 Å². The van der Waals surface area contributed by atoms with Gasteiger partial charge in [-0.2, -0.15) is 0 Å². The summed E-state index contributed by atoms with van der Waals surface area (Å²) in [5.41, 5.74) is 1.62. The zero-order valence-electron chi connectivity index (χ0n) is 8.59. The lowest BCUT2D eigenvalue weighted by Gasteiger charge is -2.05. The number of hydrogen-bond acceptors (Lipinski definition) is 2. The van der Waals surface area contributed by atoms with Crippen LogP contribution in [0.1, 0.15) is 0 Å². The highest BCUT2D eigenvalue weighted by atomic mass is 16.5. The molecule has 0 N–H and O–H groups in total.